The fourth-order valence-electron chi connectivity index (χ4n) is 11.3. The van der Waals surface area contributed by atoms with Crippen molar-refractivity contribution in [3.63, 3.8) is 0 Å². The Morgan fingerprint density at radius 1 is 0.471 bits per heavy atom. The second kappa shape index (κ2) is 15.8. The predicted molar refractivity (Wildman–Crippen MR) is 293 cm³/mol. The molecule has 2 aromatic heterocycles. The van der Waals surface area contributed by atoms with Crippen molar-refractivity contribution in [1.82, 2.24) is 9.38 Å². The lowest BCUT2D eigenvalue weighted by molar-refractivity contribution is 0.306. The number of fused-ring (bicyclic) bond motifs is 7. The van der Waals surface area contributed by atoms with Gasteiger partial charge in [-0.3, -0.25) is 4.40 Å². The largest absolute Gasteiger partial charge is 0.456 e. The van der Waals surface area contributed by atoms with Crippen molar-refractivity contribution in [1.29, 1.82) is 0 Å². The Labute approximate surface area is 407 Å². The van der Waals surface area contributed by atoms with Crippen LogP contribution in [0, 0.1) is 0 Å². The van der Waals surface area contributed by atoms with Gasteiger partial charge in [0.05, 0.1) is 21.3 Å². The Hall–Kier alpha value is -6.53. The second-order valence-corrected chi connectivity index (χ2v) is 26.8. The van der Waals surface area contributed by atoms with E-state index in [0.717, 1.165) is 33.1 Å². The van der Waals surface area contributed by atoms with Crippen LogP contribution in [0.25, 0.3) is 48.5 Å². The van der Waals surface area contributed by atoms with Crippen LogP contribution in [0.15, 0.2) is 182 Å². The van der Waals surface area contributed by atoms with Crippen LogP contribution in [0.3, 0.4) is 0 Å². The Kier molecular flexibility index (Phi) is 10.2. The molecule has 0 spiro atoms. The zero-order chi connectivity index (χ0) is 47.4. The molecule has 10 aromatic rings. The molecule has 0 aliphatic carbocycles. The van der Waals surface area contributed by atoms with E-state index in [9.17, 15) is 0 Å². The summed E-state index contributed by atoms with van der Waals surface area (Å²) in [5, 5.41) is 5.36. The first kappa shape index (κ1) is 44.0. The Morgan fingerprint density at radius 2 is 0.971 bits per heavy atom. The molecular weight excluding hydrogens is 861 g/mol. The van der Waals surface area contributed by atoms with Gasteiger partial charge in [0.2, 0.25) is 0 Å². The van der Waals surface area contributed by atoms with Crippen molar-refractivity contribution in [2.24, 2.45) is 0 Å². The van der Waals surface area contributed by atoms with Gasteiger partial charge in [-0.15, -0.1) is 0 Å². The lowest BCUT2D eigenvalue weighted by Crippen LogP contribution is -2.74. The summed E-state index contributed by atoms with van der Waals surface area (Å²) in [5.74, 6) is 1.88. The van der Waals surface area contributed by atoms with Gasteiger partial charge < -0.3 is 4.74 Å². The molecule has 5 heteroatoms. The van der Waals surface area contributed by atoms with Crippen LogP contribution in [0.2, 0.25) is 0 Å². The number of nitrogens with zero attached hydrogens (tertiary/aromatic N) is 2. The van der Waals surface area contributed by atoms with E-state index in [1.54, 1.807) is 11.3 Å². The summed E-state index contributed by atoms with van der Waals surface area (Å²) in [4.78, 5) is 6.15. The third-order valence-electron chi connectivity index (χ3n) is 15.5. The van der Waals surface area contributed by atoms with Gasteiger partial charge in [0.1, 0.15) is 11.5 Å². The number of benzene rings is 8. The topological polar surface area (TPSA) is 26.5 Å². The van der Waals surface area contributed by atoms with Gasteiger partial charge >= 0.3 is 0 Å². The summed E-state index contributed by atoms with van der Waals surface area (Å²) in [7, 11) is -3.12. The van der Waals surface area contributed by atoms with Crippen molar-refractivity contribution < 1.29 is 4.74 Å². The molecule has 0 radical (unpaired) electrons. The van der Waals surface area contributed by atoms with Gasteiger partial charge in [0.15, 0.2) is 13.0 Å². The maximum Gasteiger partial charge on any atom is 0.195 e. The fourth-order valence-corrected chi connectivity index (χ4v) is 17.2. The molecule has 0 saturated heterocycles. The first-order chi connectivity index (χ1) is 32.5. The summed E-state index contributed by atoms with van der Waals surface area (Å²) >= 11 is 1.79. The van der Waals surface area contributed by atoms with E-state index >= 15 is 0 Å². The molecule has 0 unspecified atom stereocenters. The number of ether oxygens (including phenoxy) is 1. The molecule has 338 valence electrons. The number of hydrogen-bond acceptors (Lipinski definition) is 3. The SMILES string of the molecule is CC(C)(C)c1ccc([Si](c2ccccc2)(c2ccccc2)c2ccc(C(C)(C)C)c(-c3cccc4c3sc3nc5ccccc5n34)c2)cc1-c1cccc2c1Oc1ccccc1C(C)(C)C2(C)C. The summed E-state index contributed by atoms with van der Waals surface area (Å²) in [5.41, 5.74) is 12.6. The maximum atomic E-state index is 7.30. The van der Waals surface area contributed by atoms with Gasteiger partial charge in [-0.05, 0) is 78.1 Å². The number of rotatable bonds is 6. The molecule has 0 saturated carbocycles. The predicted octanol–water partition coefficient (Wildman–Crippen LogP) is 14.4. The van der Waals surface area contributed by atoms with Crippen molar-refractivity contribution in [2.75, 3.05) is 0 Å². The van der Waals surface area contributed by atoms with Gasteiger partial charge in [0, 0.05) is 33.1 Å². The van der Waals surface area contributed by atoms with Crippen molar-refractivity contribution in [2.45, 2.75) is 90.9 Å². The van der Waals surface area contributed by atoms with Gasteiger partial charge in [-0.2, -0.15) is 0 Å². The maximum absolute atomic E-state index is 7.30. The standard InChI is InChI=1S/C63H60N2OSSi/c1-60(2,3)49-37-35-43(39-47(49)45-27-21-30-52-57(45)66-56-34-20-17-29-51(56)62(7,8)63(52,9)10)68(41-23-13-11-14-24-41,42-25-15-12-16-26-42)44-36-38-50(61(4,5)6)48(40-44)46-28-22-33-55-58(46)67-59-64-53-31-18-19-32-54(53)65(55)59/h11-40H,1-10H3. The minimum absolute atomic E-state index is 0.128. The first-order valence-electron chi connectivity index (χ1n) is 24.1. The molecule has 0 atom stereocenters. The zero-order valence-corrected chi connectivity index (χ0v) is 42.8. The highest BCUT2D eigenvalue weighted by Crippen LogP contribution is 2.55. The molecule has 0 N–H and O–H groups in total. The van der Waals surface area contributed by atoms with Crippen LogP contribution in [-0.2, 0) is 21.7 Å². The third kappa shape index (κ3) is 6.68. The van der Waals surface area contributed by atoms with E-state index in [2.05, 4.69) is 256 Å². The van der Waals surface area contributed by atoms with E-state index in [4.69, 9.17) is 9.72 Å². The number of thiazole rings is 1. The molecule has 0 fully saturated rings. The average molecular weight is 921 g/mol. The van der Waals surface area contributed by atoms with E-state index in [-0.39, 0.29) is 21.7 Å². The molecule has 68 heavy (non-hydrogen) atoms. The molecule has 1 aliphatic heterocycles. The van der Waals surface area contributed by atoms with Crippen molar-refractivity contribution >= 4 is 66.4 Å². The zero-order valence-electron chi connectivity index (χ0n) is 41.0. The van der Waals surface area contributed by atoms with Gasteiger partial charge in [0.25, 0.3) is 0 Å². The Balaban J connectivity index is 1.23. The fraction of sp³-hybridized carbons (Fsp3) is 0.222. The second-order valence-electron chi connectivity index (χ2n) is 22.0. The average Bonchev–Trinajstić information content (AvgIpc) is 3.87. The van der Waals surface area contributed by atoms with E-state index in [0.29, 0.717) is 0 Å². The van der Waals surface area contributed by atoms with Crippen LogP contribution in [0.4, 0.5) is 0 Å². The van der Waals surface area contributed by atoms with Crippen LogP contribution in [0.5, 0.6) is 11.5 Å². The summed E-state index contributed by atoms with van der Waals surface area (Å²) in [6.07, 6.45) is 0. The third-order valence-corrected chi connectivity index (χ3v) is 21.3. The minimum Gasteiger partial charge on any atom is -0.456 e. The highest BCUT2D eigenvalue weighted by molar-refractivity contribution is 7.24. The minimum atomic E-state index is -3.12. The quantitative estimate of drug-likeness (QED) is 0.123. The number of aromatic nitrogens is 2. The van der Waals surface area contributed by atoms with Crippen LogP contribution < -0.4 is 25.5 Å². The molecule has 0 amide bonds. The van der Waals surface area contributed by atoms with E-state index in [1.165, 1.54) is 69.9 Å². The smallest absolute Gasteiger partial charge is 0.195 e. The Morgan fingerprint density at radius 3 is 1.60 bits per heavy atom. The number of hydrogen-bond donors (Lipinski definition) is 0. The molecule has 8 aromatic carbocycles. The first-order valence-corrected chi connectivity index (χ1v) is 26.9. The Bertz CT molecular complexity index is 3530. The summed E-state index contributed by atoms with van der Waals surface area (Å²) < 4.78 is 10.9. The highest BCUT2D eigenvalue weighted by Gasteiger charge is 2.47. The molecule has 3 nitrogen and oxygen atoms in total. The van der Waals surface area contributed by atoms with Gasteiger partial charge in [-0.1, -0.05) is 238 Å². The monoisotopic (exact) mass is 920 g/mol. The van der Waals surface area contributed by atoms with E-state index < -0.39 is 8.07 Å². The van der Waals surface area contributed by atoms with Crippen molar-refractivity contribution in [3.8, 4) is 33.8 Å². The number of imidazole rings is 1. The van der Waals surface area contributed by atoms with Crippen LogP contribution >= 0.6 is 11.3 Å². The summed E-state index contributed by atoms with van der Waals surface area (Å²) in [6, 6.07) is 68.6. The highest BCUT2D eigenvalue weighted by atomic mass is 32.1. The molecule has 11 rings (SSSR count). The lowest BCUT2D eigenvalue weighted by Gasteiger charge is -2.41. The van der Waals surface area contributed by atoms with Crippen LogP contribution in [0.1, 0.15) is 91.5 Å². The molecule has 3 heterocycles. The normalized spacial score (nSPS) is 14.7. The van der Waals surface area contributed by atoms with Crippen molar-refractivity contribution in [3.05, 3.63) is 204 Å². The van der Waals surface area contributed by atoms with Gasteiger partial charge in [-0.25, -0.2) is 4.98 Å². The molecule has 0 bridgehead atoms. The van der Waals surface area contributed by atoms with Crippen LogP contribution in [-0.4, -0.2) is 17.5 Å². The summed E-state index contributed by atoms with van der Waals surface area (Å²) in [6.45, 7) is 23.6. The number of para-hydroxylation sites is 4. The lowest BCUT2D eigenvalue weighted by atomic mass is 9.61. The molecule has 1 aliphatic rings. The molecular formula is C63H60N2OSSi. The van der Waals surface area contributed by atoms with E-state index in [1.807, 2.05) is 0 Å².